The lowest BCUT2D eigenvalue weighted by molar-refractivity contribution is -0.139. The van der Waals surface area contributed by atoms with Crippen LogP contribution in [0.4, 0.5) is 0 Å². The number of carbonyl (C=O) groups is 2. The molecule has 1 fully saturated rings. The van der Waals surface area contributed by atoms with Gasteiger partial charge in [0.05, 0.1) is 6.10 Å². The third kappa shape index (κ3) is 6.17. The van der Waals surface area contributed by atoms with Gasteiger partial charge in [-0.25, -0.2) is 0 Å². The maximum atomic E-state index is 12.4. The summed E-state index contributed by atoms with van der Waals surface area (Å²) >= 11 is 1.77. The summed E-state index contributed by atoms with van der Waals surface area (Å²) in [4.78, 5) is 30.0. The first-order chi connectivity index (χ1) is 12.7. The van der Waals surface area contributed by atoms with E-state index in [0.717, 1.165) is 45.3 Å². The summed E-state index contributed by atoms with van der Waals surface area (Å²) in [5.41, 5.74) is 6.73. The van der Waals surface area contributed by atoms with E-state index < -0.39 is 0 Å². The molecule has 0 aliphatic carbocycles. The van der Waals surface area contributed by atoms with Gasteiger partial charge < -0.3 is 20.3 Å². The fourth-order valence-electron chi connectivity index (χ4n) is 3.60. The second-order valence-corrected chi connectivity index (χ2v) is 8.03. The molecule has 152 valence electrons. The normalized spacial score (nSPS) is 17.4. The third-order valence-corrected chi connectivity index (χ3v) is 6.23. The molecule has 0 bridgehead atoms. The Morgan fingerprint density at radius 3 is 2.56 bits per heavy atom. The maximum Gasteiger partial charge on any atom is 0.223 e. The topological polar surface area (TPSA) is 75.9 Å². The third-order valence-electron chi connectivity index (χ3n) is 5.21. The van der Waals surface area contributed by atoms with Gasteiger partial charge in [0.1, 0.15) is 0 Å². The van der Waals surface area contributed by atoms with Crippen LogP contribution < -0.4 is 5.73 Å². The quantitative estimate of drug-likeness (QED) is 0.692. The number of piperidine rings is 1. The van der Waals surface area contributed by atoms with Crippen molar-refractivity contribution in [1.82, 2.24) is 9.80 Å². The predicted molar refractivity (Wildman–Crippen MR) is 109 cm³/mol. The molecule has 1 saturated heterocycles. The number of hydrogen-bond acceptors (Lipinski definition) is 5. The zero-order valence-electron chi connectivity index (χ0n) is 15.7. The smallest absolute Gasteiger partial charge is 0.223 e. The molecule has 2 N–H and O–H groups in total. The molecule has 2 aliphatic heterocycles. The Morgan fingerprint density at radius 2 is 1.85 bits per heavy atom. The standard InChI is InChI=1S/C19H29N3O3S.ClH/c20-8-1-12-25-16-4-9-21(10-5-16)18(23)2-3-19(24)22-11-6-17-15(14-22)7-13-26-17;/h7,13,16H,1-6,8-12,14,20H2;1H. The predicted octanol–water partition coefficient (Wildman–Crippen LogP) is 2.19. The lowest BCUT2D eigenvalue weighted by atomic mass is 10.1. The number of halogens is 1. The van der Waals surface area contributed by atoms with Crippen LogP contribution in [0.5, 0.6) is 0 Å². The van der Waals surface area contributed by atoms with Gasteiger partial charge in [0.15, 0.2) is 0 Å². The number of thiophene rings is 1. The van der Waals surface area contributed by atoms with Gasteiger partial charge in [0.25, 0.3) is 0 Å². The first kappa shape index (κ1) is 22.1. The maximum absolute atomic E-state index is 12.4. The SMILES string of the molecule is Cl.NCCCOC1CCN(C(=O)CCC(=O)N2CCc3sccc3C2)CC1. The minimum atomic E-state index is 0. The van der Waals surface area contributed by atoms with E-state index in [-0.39, 0.29) is 30.3 Å². The zero-order chi connectivity index (χ0) is 18.4. The van der Waals surface area contributed by atoms with Crippen molar-refractivity contribution in [2.45, 2.75) is 51.2 Å². The number of rotatable bonds is 7. The molecule has 1 aromatic heterocycles. The first-order valence-electron chi connectivity index (χ1n) is 9.60. The Morgan fingerprint density at radius 1 is 1.15 bits per heavy atom. The first-order valence-corrected chi connectivity index (χ1v) is 10.5. The second kappa shape index (κ2) is 11.0. The molecule has 0 unspecified atom stereocenters. The fourth-order valence-corrected chi connectivity index (χ4v) is 4.49. The van der Waals surface area contributed by atoms with Gasteiger partial charge >= 0.3 is 0 Å². The van der Waals surface area contributed by atoms with E-state index in [1.807, 2.05) is 9.80 Å². The van der Waals surface area contributed by atoms with Crippen LogP contribution >= 0.6 is 23.7 Å². The molecule has 1 aromatic rings. The van der Waals surface area contributed by atoms with Crippen molar-refractivity contribution in [2.24, 2.45) is 5.73 Å². The molecule has 27 heavy (non-hydrogen) atoms. The average Bonchev–Trinajstić information content (AvgIpc) is 3.14. The number of nitrogens with two attached hydrogens (primary N) is 1. The van der Waals surface area contributed by atoms with Crippen LogP contribution in [0, 0.1) is 0 Å². The van der Waals surface area contributed by atoms with E-state index in [0.29, 0.717) is 32.5 Å². The summed E-state index contributed by atoms with van der Waals surface area (Å²) in [7, 11) is 0. The van der Waals surface area contributed by atoms with Gasteiger partial charge in [-0.3, -0.25) is 9.59 Å². The highest BCUT2D eigenvalue weighted by Gasteiger charge is 2.25. The van der Waals surface area contributed by atoms with Crippen LogP contribution in [0.1, 0.15) is 42.5 Å². The van der Waals surface area contributed by atoms with E-state index in [1.165, 1.54) is 10.4 Å². The molecule has 0 atom stereocenters. The Labute approximate surface area is 171 Å². The minimum absolute atomic E-state index is 0. The monoisotopic (exact) mass is 415 g/mol. The van der Waals surface area contributed by atoms with E-state index >= 15 is 0 Å². The Bertz CT molecular complexity index is 617. The molecular formula is C19H30ClN3O3S. The molecular weight excluding hydrogens is 386 g/mol. The Kier molecular flexibility index (Phi) is 9.02. The zero-order valence-corrected chi connectivity index (χ0v) is 17.4. The summed E-state index contributed by atoms with van der Waals surface area (Å²) in [6.07, 6.45) is 4.42. The summed E-state index contributed by atoms with van der Waals surface area (Å²) in [6.45, 7) is 4.26. The Hall–Kier alpha value is -1.15. The molecule has 3 rings (SSSR count). The summed E-state index contributed by atoms with van der Waals surface area (Å²) in [6, 6.07) is 2.10. The van der Waals surface area contributed by atoms with Crippen LogP contribution in [-0.2, 0) is 27.3 Å². The van der Waals surface area contributed by atoms with Crippen LogP contribution in [0.3, 0.4) is 0 Å². The van der Waals surface area contributed by atoms with E-state index in [1.54, 1.807) is 11.3 Å². The highest BCUT2D eigenvalue weighted by Crippen LogP contribution is 2.24. The van der Waals surface area contributed by atoms with Crippen molar-refractivity contribution in [3.63, 3.8) is 0 Å². The van der Waals surface area contributed by atoms with Crippen molar-refractivity contribution >= 4 is 35.6 Å². The van der Waals surface area contributed by atoms with Crippen molar-refractivity contribution < 1.29 is 14.3 Å². The number of carbonyl (C=O) groups excluding carboxylic acids is 2. The van der Waals surface area contributed by atoms with Gasteiger partial charge in [-0.05, 0) is 49.2 Å². The molecule has 0 saturated carbocycles. The fraction of sp³-hybridized carbons (Fsp3) is 0.684. The lowest BCUT2D eigenvalue weighted by Crippen LogP contribution is -2.41. The molecule has 2 amide bonds. The van der Waals surface area contributed by atoms with Gasteiger partial charge in [0, 0.05) is 50.5 Å². The number of ether oxygens (including phenoxy) is 1. The van der Waals surface area contributed by atoms with E-state index in [2.05, 4.69) is 11.4 Å². The van der Waals surface area contributed by atoms with Crippen molar-refractivity contribution in [2.75, 3.05) is 32.8 Å². The molecule has 6 nitrogen and oxygen atoms in total. The molecule has 0 spiro atoms. The minimum Gasteiger partial charge on any atom is -0.378 e. The van der Waals surface area contributed by atoms with Crippen molar-refractivity contribution in [1.29, 1.82) is 0 Å². The van der Waals surface area contributed by atoms with Crippen LogP contribution in [0.25, 0.3) is 0 Å². The molecule has 0 radical (unpaired) electrons. The number of amides is 2. The van der Waals surface area contributed by atoms with Gasteiger partial charge in [0.2, 0.25) is 11.8 Å². The molecule has 8 heteroatoms. The van der Waals surface area contributed by atoms with Gasteiger partial charge in [-0.15, -0.1) is 23.7 Å². The van der Waals surface area contributed by atoms with Crippen molar-refractivity contribution in [3.05, 3.63) is 21.9 Å². The summed E-state index contributed by atoms with van der Waals surface area (Å²) in [5, 5.41) is 2.09. The molecule has 2 aliphatic rings. The Balaban J connectivity index is 0.00000261. The van der Waals surface area contributed by atoms with Crippen LogP contribution in [0.15, 0.2) is 11.4 Å². The summed E-state index contributed by atoms with van der Waals surface area (Å²) < 4.78 is 5.77. The van der Waals surface area contributed by atoms with Gasteiger partial charge in [-0.2, -0.15) is 0 Å². The van der Waals surface area contributed by atoms with E-state index in [9.17, 15) is 9.59 Å². The number of hydrogen-bond donors (Lipinski definition) is 1. The van der Waals surface area contributed by atoms with Crippen LogP contribution in [0.2, 0.25) is 0 Å². The van der Waals surface area contributed by atoms with E-state index in [4.69, 9.17) is 10.5 Å². The average molecular weight is 416 g/mol. The summed E-state index contributed by atoms with van der Waals surface area (Å²) in [5.74, 6) is 0.183. The van der Waals surface area contributed by atoms with Crippen LogP contribution in [-0.4, -0.2) is 60.5 Å². The number of likely N-dealkylation sites (tertiary alicyclic amines) is 1. The van der Waals surface area contributed by atoms with Gasteiger partial charge in [-0.1, -0.05) is 0 Å². The number of fused-ring (bicyclic) bond motifs is 1. The largest absolute Gasteiger partial charge is 0.378 e. The van der Waals surface area contributed by atoms with Crippen molar-refractivity contribution in [3.8, 4) is 0 Å². The highest BCUT2D eigenvalue weighted by atomic mass is 35.5. The number of nitrogens with zero attached hydrogens (tertiary/aromatic N) is 2. The lowest BCUT2D eigenvalue weighted by Gasteiger charge is -2.32. The second-order valence-electron chi connectivity index (χ2n) is 7.03. The molecule has 3 heterocycles. The molecule has 0 aromatic carbocycles. The highest BCUT2D eigenvalue weighted by molar-refractivity contribution is 7.10.